The van der Waals surface area contributed by atoms with E-state index < -0.39 is 29.9 Å². The van der Waals surface area contributed by atoms with E-state index in [1.165, 1.54) is 0 Å². The number of carbonyl (C=O) groups is 4. The summed E-state index contributed by atoms with van der Waals surface area (Å²) in [7, 11) is 0. The van der Waals surface area contributed by atoms with Gasteiger partial charge >= 0.3 is 11.9 Å². The van der Waals surface area contributed by atoms with Crippen LogP contribution in [0, 0.1) is 5.41 Å². The van der Waals surface area contributed by atoms with Crippen LogP contribution in [-0.2, 0) is 19.2 Å². The van der Waals surface area contributed by atoms with Crippen molar-refractivity contribution in [3.05, 3.63) is 0 Å². The fourth-order valence-electron chi connectivity index (χ4n) is 2.23. The zero-order chi connectivity index (χ0) is 21.2. The maximum atomic E-state index is 12.1. The molecule has 0 rings (SSSR count). The smallest absolute Gasteiger partial charge is 0.347 e. The predicted octanol–water partition coefficient (Wildman–Crippen LogP) is 1.03. The summed E-state index contributed by atoms with van der Waals surface area (Å²) < 4.78 is 0. The Morgan fingerprint density at radius 1 is 0.889 bits per heavy atom. The number of hydrogen-bond donors (Lipinski definition) is 4. The fourth-order valence-corrected chi connectivity index (χ4v) is 2.23. The molecule has 4 N–H and O–H groups in total. The van der Waals surface area contributed by atoms with Gasteiger partial charge in [0.1, 0.15) is 0 Å². The molecule has 0 spiro atoms. The fraction of sp³-hybridized carbons (Fsp3) is 0.778. The third-order valence-corrected chi connectivity index (χ3v) is 3.93. The van der Waals surface area contributed by atoms with Crippen LogP contribution in [0.3, 0.4) is 0 Å². The Morgan fingerprint density at radius 2 is 1.37 bits per heavy atom. The van der Waals surface area contributed by atoms with Crippen molar-refractivity contribution in [3.63, 3.8) is 0 Å². The number of carbonyl (C=O) groups excluding carboxylic acids is 2. The van der Waals surface area contributed by atoms with E-state index in [2.05, 4.69) is 10.6 Å². The number of rotatable bonds is 12. The first kappa shape index (κ1) is 24.8. The highest BCUT2D eigenvalue weighted by molar-refractivity contribution is 5.87. The maximum Gasteiger partial charge on any atom is 0.347 e. The zero-order valence-corrected chi connectivity index (χ0v) is 16.9. The van der Waals surface area contributed by atoms with Crippen LogP contribution in [0.15, 0.2) is 0 Å². The van der Waals surface area contributed by atoms with Gasteiger partial charge in [0, 0.05) is 32.0 Å². The lowest BCUT2D eigenvalue weighted by Gasteiger charge is -2.26. The van der Waals surface area contributed by atoms with E-state index in [1.807, 2.05) is 39.5 Å². The summed E-state index contributed by atoms with van der Waals surface area (Å²) in [5, 5.41) is 22.6. The van der Waals surface area contributed by atoms with E-state index in [0.717, 1.165) is 0 Å². The Hall–Kier alpha value is -2.16. The number of nitrogens with one attached hydrogen (secondary N) is 2. The molecule has 0 fully saturated rings. The Labute approximate surface area is 160 Å². The second kappa shape index (κ2) is 11.5. The quantitative estimate of drug-likeness (QED) is 0.367. The molecule has 0 aliphatic carbocycles. The molecule has 9 nitrogen and oxygen atoms in total. The van der Waals surface area contributed by atoms with Gasteiger partial charge in [-0.15, -0.1) is 0 Å². The molecule has 1 atom stereocenters. The monoisotopic (exact) mass is 387 g/mol. The molecule has 2 amide bonds. The third-order valence-electron chi connectivity index (χ3n) is 3.93. The van der Waals surface area contributed by atoms with Gasteiger partial charge in [0.15, 0.2) is 0 Å². The first-order valence-electron chi connectivity index (χ1n) is 9.09. The molecule has 9 heteroatoms. The van der Waals surface area contributed by atoms with Crippen LogP contribution in [0.4, 0.5) is 0 Å². The van der Waals surface area contributed by atoms with Crippen LogP contribution in [0.2, 0.25) is 0 Å². The van der Waals surface area contributed by atoms with Crippen molar-refractivity contribution in [2.24, 2.45) is 5.41 Å². The van der Waals surface area contributed by atoms with Gasteiger partial charge in [0.05, 0.1) is 6.42 Å². The molecule has 0 bridgehead atoms. The summed E-state index contributed by atoms with van der Waals surface area (Å²) in [5.74, 6) is -3.24. The van der Waals surface area contributed by atoms with Crippen molar-refractivity contribution >= 4 is 23.8 Å². The molecule has 0 heterocycles. The van der Waals surface area contributed by atoms with Gasteiger partial charge < -0.3 is 20.8 Å². The number of hydrogen-bond acceptors (Lipinski definition) is 5. The summed E-state index contributed by atoms with van der Waals surface area (Å²) in [4.78, 5) is 47.8. The van der Waals surface area contributed by atoms with E-state index in [9.17, 15) is 24.3 Å². The minimum absolute atomic E-state index is 0.000555. The summed E-state index contributed by atoms with van der Waals surface area (Å²) in [6, 6.07) is 0.0459. The Balaban J connectivity index is 4.55. The molecule has 0 radical (unpaired) electrons. The summed E-state index contributed by atoms with van der Waals surface area (Å²) in [6.45, 7) is 10.3. The van der Waals surface area contributed by atoms with Crippen LogP contribution in [0.25, 0.3) is 0 Å². The highest BCUT2D eigenvalue weighted by Gasteiger charge is 2.23. The molecular formula is C18H33N3O6. The molecule has 0 aromatic rings. The first-order chi connectivity index (χ1) is 12.3. The average molecular weight is 387 g/mol. The van der Waals surface area contributed by atoms with E-state index in [4.69, 9.17) is 5.11 Å². The highest BCUT2D eigenvalue weighted by atomic mass is 16.4. The SMILES string of the molecule is CC(C)N(CCC(=O)O)CCC(=O)NC(NC(=O)CCC(C)(C)C)C(=O)O. The molecule has 0 aromatic carbocycles. The van der Waals surface area contributed by atoms with Crippen LogP contribution in [-0.4, -0.2) is 64.2 Å². The van der Waals surface area contributed by atoms with Crippen molar-refractivity contribution in [2.75, 3.05) is 13.1 Å². The third kappa shape index (κ3) is 12.8. The largest absolute Gasteiger partial charge is 0.481 e. The molecule has 0 aliphatic rings. The second-order valence-electron chi connectivity index (χ2n) is 7.99. The van der Waals surface area contributed by atoms with Crippen molar-refractivity contribution in [1.82, 2.24) is 15.5 Å². The maximum absolute atomic E-state index is 12.1. The van der Waals surface area contributed by atoms with E-state index in [0.29, 0.717) is 19.5 Å². The number of aliphatic carboxylic acids is 2. The van der Waals surface area contributed by atoms with Gasteiger partial charge in [-0.2, -0.15) is 0 Å². The normalized spacial score (nSPS) is 12.7. The van der Waals surface area contributed by atoms with Crippen molar-refractivity contribution in [3.8, 4) is 0 Å². The van der Waals surface area contributed by atoms with Crippen LogP contribution in [0.1, 0.15) is 60.3 Å². The summed E-state index contributed by atoms with van der Waals surface area (Å²) in [5.41, 5.74) is -0.0600. The van der Waals surface area contributed by atoms with Crippen molar-refractivity contribution in [1.29, 1.82) is 0 Å². The molecule has 27 heavy (non-hydrogen) atoms. The molecule has 156 valence electrons. The molecule has 0 aromatic heterocycles. The molecule has 0 aliphatic heterocycles. The van der Waals surface area contributed by atoms with Crippen LogP contribution < -0.4 is 10.6 Å². The molecule has 1 unspecified atom stereocenters. The minimum Gasteiger partial charge on any atom is -0.481 e. The predicted molar refractivity (Wildman–Crippen MR) is 100.0 cm³/mol. The van der Waals surface area contributed by atoms with Crippen molar-refractivity contribution < 1.29 is 29.4 Å². The topological polar surface area (TPSA) is 136 Å². The number of nitrogens with zero attached hydrogens (tertiary/aromatic N) is 1. The number of amides is 2. The van der Waals surface area contributed by atoms with E-state index >= 15 is 0 Å². The van der Waals surface area contributed by atoms with Gasteiger partial charge in [0.2, 0.25) is 18.0 Å². The molecule has 0 saturated carbocycles. The van der Waals surface area contributed by atoms with Gasteiger partial charge in [-0.3, -0.25) is 19.3 Å². The summed E-state index contributed by atoms with van der Waals surface area (Å²) in [6.07, 6.45) is -0.775. The lowest BCUT2D eigenvalue weighted by atomic mass is 9.90. The van der Waals surface area contributed by atoms with Crippen molar-refractivity contribution in [2.45, 2.75) is 72.5 Å². The van der Waals surface area contributed by atoms with E-state index in [1.54, 1.807) is 0 Å². The Kier molecular flexibility index (Phi) is 10.6. The summed E-state index contributed by atoms with van der Waals surface area (Å²) >= 11 is 0. The second-order valence-corrected chi connectivity index (χ2v) is 7.99. The average Bonchev–Trinajstić information content (AvgIpc) is 2.50. The molecule has 0 saturated heterocycles. The number of carboxylic acid groups (broad SMARTS) is 2. The minimum atomic E-state index is -1.49. The Bertz CT molecular complexity index is 528. The molecular weight excluding hydrogens is 354 g/mol. The van der Waals surface area contributed by atoms with Gasteiger partial charge in [0.25, 0.3) is 0 Å². The van der Waals surface area contributed by atoms with E-state index in [-0.39, 0.29) is 30.7 Å². The van der Waals surface area contributed by atoms with Gasteiger partial charge in [-0.1, -0.05) is 20.8 Å². The first-order valence-corrected chi connectivity index (χ1v) is 9.09. The Morgan fingerprint density at radius 3 is 1.78 bits per heavy atom. The zero-order valence-electron chi connectivity index (χ0n) is 16.9. The highest BCUT2D eigenvalue weighted by Crippen LogP contribution is 2.20. The lowest BCUT2D eigenvalue weighted by Crippen LogP contribution is -2.53. The van der Waals surface area contributed by atoms with Crippen LogP contribution >= 0.6 is 0 Å². The standard InChI is InChI=1S/C18H33N3O6/c1-12(2)21(11-8-15(24)25)10-7-14(23)20-16(17(26)27)19-13(22)6-9-18(3,4)5/h12,16H,6-11H2,1-5H3,(H,19,22)(H,20,23)(H,24,25)(H,26,27). The lowest BCUT2D eigenvalue weighted by molar-refractivity contribution is -0.145. The van der Waals surface area contributed by atoms with Gasteiger partial charge in [-0.05, 0) is 25.7 Å². The van der Waals surface area contributed by atoms with Crippen LogP contribution in [0.5, 0.6) is 0 Å². The van der Waals surface area contributed by atoms with Gasteiger partial charge in [-0.25, -0.2) is 4.79 Å². The number of carboxylic acids is 2.